The normalized spacial score (nSPS) is 12.8. The molecule has 0 aliphatic heterocycles. The fourth-order valence-electron chi connectivity index (χ4n) is 4.10. The Balaban J connectivity index is 1.71. The molecule has 1 aromatic heterocycles. The molecule has 0 saturated heterocycles. The van der Waals surface area contributed by atoms with Gasteiger partial charge in [0.05, 0.1) is 47.2 Å². The van der Waals surface area contributed by atoms with E-state index in [1.165, 1.54) is 7.11 Å². The molecule has 1 amide bonds. The quantitative estimate of drug-likeness (QED) is 0.301. The average Bonchev–Trinajstić information content (AvgIpc) is 3.65. The molecule has 0 N–H and O–H groups in total. The van der Waals surface area contributed by atoms with Crippen molar-refractivity contribution >= 4 is 5.91 Å². The van der Waals surface area contributed by atoms with Crippen LogP contribution in [0.25, 0.3) is 0 Å². The van der Waals surface area contributed by atoms with Gasteiger partial charge in [0.2, 0.25) is 5.75 Å². The molecule has 9 heteroatoms. The van der Waals surface area contributed by atoms with Crippen molar-refractivity contribution in [3.8, 4) is 23.0 Å². The highest BCUT2D eigenvalue weighted by atomic mass is 17.2. The molecule has 0 atom stereocenters. The molecule has 35 heavy (non-hydrogen) atoms. The summed E-state index contributed by atoms with van der Waals surface area (Å²) in [6.45, 7) is 0.566. The number of nitrogens with zero attached hydrogens (tertiary/aromatic N) is 3. The molecule has 3 aromatic rings. The maximum atomic E-state index is 13.9. The summed E-state index contributed by atoms with van der Waals surface area (Å²) in [4.78, 5) is 25.7. The zero-order chi connectivity index (χ0) is 24.9. The second-order valence-electron chi connectivity index (χ2n) is 8.39. The minimum absolute atomic E-state index is 0.148. The number of hydrogen-bond acceptors (Lipinski definition) is 7. The van der Waals surface area contributed by atoms with E-state index in [1.807, 2.05) is 30.3 Å². The van der Waals surface area contributed by atoms with Crippen LogP contribution in [0.1, 0.15) is 46.1 Å². The number of aryl methyl sites for hydroxylation is 1. The second-order valence-corrected chi connectivity index (χ2v) is 8.39. The summed E-state index contributed by atoms with van der Waals surface area (Å²) in [5, 5.41) is 4.59. The fraction of sp³-hybridized carbons (Fsp3) is 0.385. The molecular formula is C26H31N3O6. The van der Waals surface area contributed by atoms with E-state index in [1.54, 1.807) is 50.1 Å². The summed E-state index contributed by atoms with van der Waals surface area (Å²) in [6.07, 6.45) is 2.22. The van der Waals surface area contributed by atoms with Crippen molar-refractivity contribution in [2.75, 3.05) is 28.4 Å². The SMILES string of the molecule is COOc1cccc(CN(Cc2ccc(OC)cc2OC)C(=O)c2cc(C3CC3)nn2C)c1OC. The Morgan fingerprint density at radius 1 is 0.971 bits per heavy atom. The number of rotatable bonds is 11. The third-order valence-electron chi connectivity index (χ3n) is 6.06. The summed E-state index contributed by atoms with van der Waals surface area (Å²) < 4.78 is 18.2. The van der Waals surface area contributed by atoms with E-state index in [9.17, 15) is 4.79 Å². The van der Waals surface area contributed by atoms with Gasteiger partial charge in [-0.3, -0.25) is 9.48 Å². The smallest absolute Gasteiger partial charge is 0.272 e. The predicted molar refractivity (Wildman–Crippen MR) is 129 cm³/mol. The van der Waals surface area contributed by atoms with Crippen LogP contribution in [0.2, 0.25) is 0 Å². The standard InChI is InChI=1S/C26H31N3O6/c1-28-22(14-21(27-28)17-9-10-17)26(30)29(15-18-11-12-20(31-2)13-24(18)32-3)16-19-7-6-8-23(35-34-5)25(19)33-4/h6-8,11-14,17H,9-10,15-16H2,1-5H3. The number of amides is 1. The monoisotopic (exact) mass is 481 g/mol. The molecular weight excluding hydrogens is 450 g/mol. The van der Waals surface area contributed by atoms with E-state index in [-0.39, 0.29) is 12.5 Å². The van der Waals surface area contributed by atoms with Crippen LogP contribution in [0.3, 0.4) is 0 Å². The molecule has 186 valence electrons. The number of methoxy groups -OCH3 is 3. The first-order chi connectivity index (χ1) is 17.0. The van der Waals surface area contributed by atoms with Crippen molar-refractivity contribution < 1.29 is 28.8 Å². The minimum Gasteiger partial charge on any atom is -0.497 e. The van der Waals surface area contributed by atoms with Crippen LogP contribution in [0.5, 0.6) is 23.0 Å². The molecule has 1 fully saturated rings. The topological polar surface area (TPSA) is 84.3 Å². The molecule has 4 rings (SSSR count). The van der Waals surface area contributed by atoms with Crippen LogP contribution >= 0.6 is 0 Å². The maximum Gasteiger partial charge on any atom is 0.272 e. The molecule has 0 unspecified atom stereocenters. The van der Waals surface area contributed by atoms with E-state index in [0.717, 1.165) is 29.7 Å². The largest absolute Gasteiger partial charge is 0.497 e. The number of carbonyl (C=O) groups excluding carboxylic acids is 1. The lowest BCUT2D eigenvalue weighted by Gasteiger charge is -2.25. The van der Waals surface area contributed by atoms with E-state index in [2.05, 4.69) is 5.10 Å². The number of carbonyl (C=O) groups is 1. The molecule has 1 saturated carbocycles. The highest BCUT2D eigenvalue weighted by Crippen LogP contribution is 2.39. The third-order valence-corrected chi connectivity index (χ3v) is 6.06. The number of para-hydroxylation sites is 1. The van der Waals surface area contributed by atoms with Crippen LogP contribution < -0.4 is 19.1 Å². The molecule has 0 radical (unpaired) electrons. The number of ether oxygens (including phenoxy) is 3. The lowest BCUT2D eigenvalue weighted by Crippen LogP contribution is -2.32. The summed E-state index contributed by atoms with van der Waals surface area (Å²) in [5.41, 5.74) is 3.11. The van der Waals surface area contributed by atoms with Crippen molar-refractivity contribution in [2.24, 2.45) is 7.05 Å². The molecule has 1 aliphatic rings. The van der Waals surface area contributed by atoms with Crippen molar-refractivity contribution in [1.29, 1.82) is 0 Å². The van der Waals surface area contributed by atoms with Crippen LogP contribution in [0, 0.1) is 0 Å². The van der Waals surface area contributed by atoms with Gasteiger partial charge in [0.15, 0.2) is 5.75 Å². The van der Waals surface area contributed by atoms with Crippen molar-refractivity contribution in [3.63, 3.8) is 0 Å². The summed E-state index contributed by atoms with van der Waals surface area (Å²) in [6, 6.07) is 12.9. The molecule has 1 aliphatic carbocycles. The van der Waals surface area contributed by atoms with E-state index >= 15 is 0 Å². The molecule has 0 bridgehead atoms. The molecule has 0 spiro atoms. The van der Waals surface area contributed by atoms with Gasteiger partial charge in [-0.1, -0.05) is 12.1 Å². The molecule has 9 nitrogen and oxygen atoms in total. The van der Waals surface area contributed by atoms with Gasteiger partial charge in [0.1, 0.15) is 17.2 Å². The van der Waals surface area contributed by atoms with Crippen LogP contribution in [0.15, 0.2) is 42.5 Å². The number of aromatic nitrogens is 2. The average molecular weight is 482 g/mol. The Labute approximate surface area is 205 Å². The first-order valence-electron chi connectivity index (χ1n) is 11.4. The second kappa shape index (κ2) is 10.7. The predicted octanol–water partition coefficient (Wildman–Crippen LogP) is 4.11. The highest BCUT2D eigenvalue weighted by Gasteiger charge is 2.30. The fourth-order valence-corrected chi connectivity index (χ4v) is 4.10. The van der Waals surface area contributed by atoms with Gasteiger partial charge in [0.25, 0.3) is 5.91 Å². The Bertz CT molecular complexity index is 1190. The first-order valence-corrected chi connectivity index (χ1v) is 11.4. The Morgan fingerprint density at radius 3 is 2.40 bits per heavy atom. The Kier molecular flexibility index (Phi) is 7.45. The molecule has 2 aromatic carbocycles. The van der Waals surface area contributed by atoms with Gasteiger partial charge in [-0.2, -0.15) is 9.99 Å². The van der Waals surface area contributed by atoms with E-state index in [0.29, 0.717) is 41.2 Å². The Morgan fingerprint density at radius 2 is 1.74 bits per heavy atom. The van der Waals surface area contributed by atoms with Gasteiger partial charge >= 0.3 is 0 Å². The van der Waals surface area contributed by atoms with Gasteiger partial charge in [-0.05, 0) is 37.1 Å². The summed E-state index contributed by atoms with van der Waals surface area (Å²) in [7, 11) is 7.99. The lowest BCUT2D eigenvalue weighted by molar-refractivity contribution is -0.179. The third kappa shape index (κ3) is 5.35. The molecule has 1 heterocycles. The van der Waals surface area contributed by atoms with Crippen molar-refractivity contribution in [1.82, 2.24) is 14.7 Å². The first kappa shape index (κ1) is 24.4. The van der Waals surface area contributed by atoms with Crippen molar-refractivity contribution in [2.45, 2.75) is 31.8 Å². The minimum atomic E-state index is -0.148. The van der Waals surface area contributed by atoms with Gasteiger partial charge in [-0.15, -0.1) is 0 Å². The van der Waals surface area contributed by atoms with Crippen LogP contribution in [-0.4, -0.2) is 49.0 Å². The number of hydrogen-bond donors (Lipinski definition) is 0. The number of benzene rings is 2. The zero-order valence-electron chi connectivity index (χ0n) is 20.7. The van der Waals surface area contributed by atoms with E-state index < -0.39 is 0 Å². The van der Waals surface area contributed by atoms with Gasteiger partial charge < -0.3 is 24.0 Å². The van der Waals surface area contributed by atoms with Crippen molar-refractivity contribution in [3.05, 3.63) is 65.0 Å². The van der Waals surface area contributed by atoms with Gasteiger partial charge in [0, 0.05) is 30.2 Å². The highest BCUT2D eigenvalue weighted by molar-refractivity contribution is 5.92. The summed E-state index contributed by atoms with van der Waals surface area (Å²) in [5.74, 6) is 2.53. The van der Waals surface area contributed by atoms with Gasteiger partial charge in [-0.25, -0.2) is 0 Å². The van der Waals surface area contributed by atoms with Crippen LogP contribution in [0.4, 0.5) is 0 Å². The summed E-state index contributed by atoms with van der Waals surface area (Å²) >= 11 is 0. The Hall–Kier alpha value is -3.72. The zero-order valence-corrected chi connectivity index (χ0v) is 20.7. The van der Waals surface area contributed by atoms with E-state index in [4.69, 9.17) is 24.0 Å². The maximum absolute atomic E-state index is 13.9. The van der Waals surface area contributed by atoms with Crippen LogP contribution in [-0.2, 0) is 25.0 Å². The lowest BCUT2D eigenvalue weighted by atomic mass is 10.1.